The number of hydrogen-bond acceptors (Lipinski definition) is 3. The zero-order valence-electron chi connectivity index (χ0n) is 11.7. The van der Waals surface area contributed by atoms with Crippen LogP contribution in [0, 0.1) is 0 Å². The van der Waals surface area contributed by atoms with E-state index in [0.29, 0.717) is 10.6 Å². The van der Waals surface area contributed by atoms with Crippen LogP contribution in [-0.2, 0) is 4.79 Å². The van der Waals surface area contributed by atoms with Crippen molar-refractivity contribution < 1.29 is 4.79 Å². The molecule has 0 spiro atoms. The molecule has 3 nitrogen and oxygen atoms in total. The van der Waals surface area contributed by atoms with Crippen LogP contribution in [0.4, 0.5) is 11.4 Å². The average Bonchev–Trinajstić information content (AvgIpc) is 2.49. The SMILES string of the molecule is CC(=O)/C(=C/Nc1ccccc1)C(=S)Nc1ccccc1. The molecule has 21 heavy (non-hydrogen) atoms. The van der Waals surface area contributed by atoms with Crippen molar-refractivity contribution in [3.8, 4) is 0 Å². The quantitative estimate of drug-likeness (QED) is 0.646. The molecule has 4 heteroatoms. The van der Waals surface area contributed by atoms with Crippen molar-refractivity contribution in [1.82, 2.24) is 0 Å². The minimum atomic E-state index is -0.0909. The number of Topliss-reactive ketones (excluding diaryl/α,β-unsaturated/α-hetero) is 1. The lowest BCUT2D eigenvalue weighted by Gasteiger charge is -2.10. The van der Waals surface area contributed by atoms with Crippen molar-refractivity contribution in [3.05, 3.63) is 72.4 Å². The zero-order chi connectivity index (χ0) is 15.1. The second kappa shape index (κ2) is 7.36. The summed E-state index contributed by atoms with van der Waals surface area (Å²) in [6.45, 7) is 1.50. The summed E-state index contributed by atoms with van der Waals surface area (Å²) in [5.74, 6) is -0.0909. The van der Waals surface area contributed by atoms with Gasteiger partial charge in [0.15, 0.2) is 5.78 Å². The van der Waals surface area contributed by atoms with Crippen molar-refractivity contribution in [2.75, 3.05) is 10.6 Å². The van der Waals surface area contributed by atoms with Gasteiger partial charge in [-0.2, -0.15) is 0 Å². The first-order valence-electron chi connectivity index (χ1n) is 6.56. The zero-order valence-corrected chi connectivity index (χ0v) is 12.5. The first kappa shape index (κ1) is 14.9. The van der Waals surface area contributed by atoms with Gasteiger partial charge in [-0.25, -0.2) is 0 Å². The summed E-state index contributed by atoms with van der Waals surface area (Å²) in [6, 6.07) is 19.1. The number of ketones is 1. The summed E-state index contributed by atoms with van der Waals surface area (Å²) in [6.07, 6.45) is 1.63. The fourth-order valence-corrected chi connectivity index (χ4v) is 2.06. The van der Waals surface area contributed by atoms with Gasteiger partial charge in [0, 0.05) is 17.6 Å². The van der Waals surface area contributed by atoms with Gasteiger partial charge in [0.05, 0.1) is 5.57 Å². The molecule has 0 bridgehead atoms. The Labute approximate surface area is 129 Å². The number of hydrogen-bond donors (Lipinski definition) is 2. The lowest BCUT2D eigenvalue weighted by atomic mass is 10.2. The van der Waals surface area contributed by atoms with E-state index in [-0.39, 0.29) is 5.78 Å². The summed E-state index contributed by atoms with van der Waals surface area (Å²) in [5.41, 5.74) is 2.20. The van der Waals surface area contributed by atoms with Crippen LogP contribution in [0.5, 0.6) is 0 Å². The van der Waals surface area contributed by atoms with E-state index in [1.54, 1.807) is 6.20 Å². The van der Waals surface area contributed by atoms with Crippen LogP contribution in [0.3, 0.4) is 0 Å². The number of nitrogens with one attached hydrogen (secondary N) is 2. The molecule has 106 valence electrons. The monoisotopic (exact) mass is 296 g/mol. The molecule has 0 aliphatic rings. The number of carbonyl (C=O) groups excluding carboxylic acids is 1. The molecule has 0 saturated carbocycles. The van der Waals surface area contributed by atoms with Crippen LogP contribution in [0.15, 0.2) is 72.4 Å². The molecule has 2 rings (SSSR count). The second-order valence-corrected chi connectivity index (χ2v) is 4.85. The number of para-hydroxylation sites is 2. The highest BCUT2D eigenvalue weighted by Gasteiger charge is 2.10. The summed E-state index contributed by atoms with van der Waals surface area (Å²) in [7, 11) is 0. The van der Waals surface area contributed by atoms with Gasteiger partial charge in [0.25, 0.3) is 0 Å². The Hall–Kier alpha value is -2.46. The molecule has 0 aromatic heterocycles. The molecule has 0 heterocycles. The van der Waals surface area contributed by atoms with Crippen LogP contribution in [0.1, 0.15) is 6.92 Å². The number of benzene rings is 2. The van der Waals surface area contributed by atoms with E-state index < -0.39 is 0 Å². The van der Waals surface area contributed by atoms with Crippen LogP contribution in [-0.4, -0.2) is 10.8 Å². The predicted molar refractivity (Wildman–Crippen MR) is 91.5 cm³/mol. The van der Waals surface area contributed by atoms with E-state index in [9.17, 15) is 4.79 Å². The molecule has 2 aromatic rings. The van der Waals surface area contributed by atoms with E-state index in [0.717, 1.165) is 11.4 Å². The van der Waals surface area contributed by atoms with Gasteiger partial charge in [0.2, 0.25) is 0 Å². The molecule has 0 amide bonds. The molecule has 0 saturated heterocycles. The predicted octanol–water partition coefficient (Wildman–Crippen LogP) is 4.01. The van der Waals surface area contributed by atoms with Crippen molar-refractivity contribution in [2.45, 2.75) is 6.92 Å². The van der Waals surface area contributed by atoms with E-state index in [2.05, 4.69) is 10.6 Å². The summed E-state index contributed by atoms with van der Waals surface area (Å²) >= 11 is 5.31. The molecule has 0 aliphatic heterocycles. The highest BCUT2D eigenvalue weighted by atomic mass is 32.1. The lowest BCUT2D eigenvalue weighted by Crippen LogP contribution is -2.18. The lowest BCUT2D eigenvalue weighted by molar-refractivity contribution is -0.113. The minimum Gasteiger partial charge on any atom is -0.361 e. The Balaban J connectivity index is 2.11. The van der Waals surface area contributed by atoms with Gasteiger partial charge in [-0.1, -0.05) is 48.6 Å². The van der Waals surface area contributed by atoms with Crippen LogP contribution in [0.2, 0.25) is 0 Å². The summed E-state index contributed by atoms with van der Waals surface area (Å²) < 4.78 is 0. The smallest absolute Gasteiger partial charge is 0.164 e. The fourth-order valence-electron chi connectivity index (χ4n) is 1.74. The van der Waals surface area contributed by atoms with Gasteiger partial charge in [-0.15, -0.1) is 0 Å². The van der Waals surface area contributed by atoms with Crippen LogP contribution in [0.25, 0.3) is 0 Å². The molecular weight excluding hydrogens is 280 g/mol. The van der Waals surface area contributed by atoms with Gasteiger partial charge in [-0.3, -0.25) is 4.79 Å². The Morgan fingerprint density at radius 1 is 0.952 bits per heavy atom. The minimum absolute atomic E-state index is 0.0909. The van der Waals surface area contributed by atoms with Gasteiger partial charge in [0.1, 0.15) is 4.99 Å². The summed E-state index contributed by atoms with van der Waals surface area (Å²) in [5, 5.41) is 6.14. The molecule has 0 unspecified atom stereocenters. The molecule has 2 N–H and O–H groups in total. The van der Waals surface area contributed by atoms with Crippen molar-refractivity contribution in [2.24, 2.45) is 0 Å². The Morgan fingerprint density at radius 3 is 2.00 bits per heavy atom. The molecule has 0 atom stereocenters. The third-order valence-corrected chi connectivity index (χ3v) is 3.13. The van der Waals surface area contributed by atoms with Crippen LogP contribution >= 0.6 is 12.2 Å². The number of thiocarbonyl (C=S) groups is 1. The van der Waals surface area contributed by atoms with Gasteiger partial charge in [-0.05, 0) is 31.2 Å². The number of rotatable bonds is 5. The molecule has 0 aliphatic carbocycles. The van der Waals surface area contributed by atoms with Gasteiger partial charge < -0.3 is 10.6 Å². The normalized spacial score (nSPS) is 10.8. The fraction of sp³-hybridized carbons (Fsp3) is 0.0588. The maximum absolute atomic E-state index is 11.8. The van der Waals surface area contributed by atoms with E-state index >= 15 is 0 Å². The van der Waals surface area contributed by atoms with Crippen molar-refractivity contribution in [1.29, 1.82) is 0 Å². The molecule has 0 radical (unpaired) electrons. The standard InChI is InChI=1S/C17H16N2OS/c1-13(20)16(12-18-14-8-4-2-5-9-14)17(21)19-15-10-6-3-7-11-15/h2-12,18H,1H3,(H,19,21)/b16-12-. The van der Waals surface area contributed by atoms with Crippen LogP contribution < -0.4 is 10.6 Å². The third kappa shape index (κ3) is 4.54. The number of carbonyl (C=O) groups is 1. The van der Waals surface area contributed by atoms with E-state index in [4.69, 9.17) is 12.2 Å². The third-order valence-electron chi connectivity index (χ3n) is 2.81. The van der Waals surface area contributed by atoms with Gasteiger partial charge >= 0.3 is 0 Å². The first-order valence-corrected chi connectivity index (χ1v) is 6.97. The number of anilines is 2. The molecule has 2 aromatic carbocycles. The average molecular weight is 296 g/mol. The highest BCUT2D eigenvalue weighted by Crippen LogP contribution is 2.11. The maximum atomic E-state index is 11.8. The van der Waals surface area contributed by atoms with Crippen molar-refractivity contribution >= 4 is 34.4 Å². The summed E-state index contributed by atoms with van der Waals surface area (Å²) in [4.78, 5) is 12.2. The topological polar surface area (TPSA) is 41.1 Å². The van der Waals surface area contributed by atoms with E-state index in [1.807, 2.05) is 60.7 Å². The first-order chi connectivity index (χ1) is 10.2. The Kier molecular flexibility index (Phi) is 5.23. The maximum Gasteiger partial charge on any atom is 0.164 e. The van der Waals surface area contributed by atoms with Crippen molar-refractivity contribution in [3.63, 3.8) is 0 Å². The Bertz CT molecular complexity index is 651. The molecule has 0 fully saturated rings. The van der Waals surface area contributed by atoms with E-state index in [1.165, 1.54) is 6.92 Å². The highest BCUT2D eigenvalue weighted by molar-refractivity contribution is 7.81. The Morgan fingerprint density at radius 2 is 1.48 bits per heavy atom. The molecular formula is C17H16N2OS. The largest absolute Gasteiger partial charge is 0.361 e. The second-order valence-electron chi connectivity index (χ2n) is 4.44.